The van der Waals surface area contributed by atoms with E-state index >= 15 is 0 Å². The fourth-order valence-corrected chi connectivity index (χ4v) is 6.20. The molecule has 1 saturated heterocycles. The highest BCUT2D eigenvalue weighted by Gasteiger charge is 2.34. The molecule has 2 atom stereocenters. The molecule has 2 aromatic heterocycles. The van der Waals surface area contributed by atoms with Crippen molar-refractivity contribution >= 4 is 31.1 Å². The van der Waals surface area contributed by atoms with Crippen molar-refractivity contribution in [2.45, 2.75) is 70.7 Å². The number of amides is 2. The zero-order valence-corrected chi connectivity index (χ0v) is 27.4. The number of aliphatic hydroxyl groups excluding tert-OH is 1. The second kappa shape index (κ2) is 13.3. The molecule has 0 bridgehead atoms. The van der Waals surface area contributed by atoms with Gasteiger partial charge in [-0.2, -0.15) is 0 Å². The van der Waals surface area contributed by atoms with Gasteiger partial charge in [-0.15, -0.1) is 0 Å². The second-order valence-electron chi connectivity index (χ2n) is 13.1. The lowest BCUT2D eigenvalue weighted by Gasteiger charge is -2.34. The third kappa shape index (κ3) is 7.39. The highest BCUT2D eigenvalue weighted by Crippen LogP contribution is 2.40. The van der Waals surface area contributed by atoms with Crippen LogP contribution in [0.2, 0.25) is 25.7 Å². The number of carboxylic acid groups (broad SMARTS) is 1. The number of halogens is 1. The van der Waals surface area contributed by atoms with Gasteiger partial charge in [0.25, 0.3) is 5.91 Å². The van der Waals surface area contributed by atoms with E-state index in [9.17, 15) is 24.2 Å². The minimum absolute atomic E-state index is 0.0176. The van der Waals surface area contributed by atoms with Crippen LogP contribution in [0.25, 0.3) is 22.3 Å². The number of hydrogen-bond acceptors (Lipinski definition) is 8. The Morgan fingerprint density at radius 1 is 1.16 bits per heavy atom. The molecule has 1 aliphatic carbocycles. The number of aromatic nitrogens is 3. The van der Waals surface area contributed by atoms with Gasteiger partial charge in [0, 0.05) is 45.1 Å². The first-order chi connectivity index (χ1) is 21.4. The molecule has 0 spiro atoms. The molecule has 1 saturated carbocycles. The van der Waals surface area contributed by atoms with Gasteiger partial charge in [-0.05, 0) is 44.2 Å². The van der Waals surface area contributed by atoms with Crippen LogP contribution < -0.4 is 14.8 Å². The molecular formula is C31H42FN5O7Si. The summed E-state index contributed by atoms with van der Waals surface area (Å²) >= 11 is 0. The topological polar surface area (TPSA) is 148 Å². The minimum atomic E-state index is -1.38. The normalized spacial score (nSPS) is 18.7. The first-order valence-corrected chi connectivity index (χ1v) is 19.0. The fraction of sp³-hybridized carbons (Fsp3) is 0.548. The predicted octanol–water partition coefficient (Wildman–Crippen LogP) is 4.50. The van der Waals surface area contributed by atoms with Gasteiger partial charge in [0.05, 0.1) is 36.9 Å². The van der Waals surface area contributed by atoms with Crippen molar-refractivity contribution in [1.82, 2.24) is 24.8 Å². The average Bonchev–Trinajstić information content (AvgIpc) is 3.77. The number of carbonyl (C=O) groups excluding carboxylic acids is 1. The lowest BCUT2D eigenvalue weighted by Crippen LogP contribution is -2.56. The van der Waals surface area contributed by atoms with Crippen LogP contribution in [-0.2, 0) is 11.5 Å². The van der Waals surface area contributed by atoms with Gasteiger partial charge in [-0.3, -0.25) is 4.79 Å². The molecular weight excluding hydrogens is 601 g/mol. The van der Waals surface area contributed by atoms with Gasteiger partial charge in [0.15, 0.2) is 11.6 Å². The van der Waals surface area contributed by atoms with Gasteiger partial charge in [-0.25, -0.2) is 19.2 Å². The number of rotatable bonds is 12. The Kier molecular flexibility index (Phi) is 9.65. The Labute approximate surface area is 262 Å². The number of likely N-dealkylation sites (tertiary alicyclic amines) is 1. The Bertz CT molecular complexity index is 1570. The standard InChI is InChI=1S/C31H42FN5O7Si/c1-18-26(30(39)35-22-14-36(31(40)41)9-8-23(22)38)28-29(37(18)17-43-10-11-45(3,4)5)27(33-16-34-28)20-12-25(42-2)21(32)13-24(20)44-15-19-6-7-19/h12-13,16,19,22-23,38H,6-11,14-15,17H2,1-5H3,(H,35,39)(H,40,41)/t22-,23-/m0/s1. The summed E-state index contributed by atoms with van der Waals surface area (Å²) in [6.07, 6.45) is 1.63. The van der Waals surface area contributed by atoms with E-state index in [4.69, 9.17) is 14.2 Å². The second-order valence-corrected chi connectivity index (χ2v) is 18.7. The van der Waals surface area contributed by atoms with Crippen molar-refractivity contribution in [3.05, 3.63) is 35.5 Å². The summed E-state index contributed by atoms with van der Waals surface area (Å²) in [5, 5.41) is 22.9. The quantitative estimate of drug-likeness (QED) is 0.192. The maximum atomic E-state index is 14.9. The van der Waals surface area contributed by atoms with Crippen molar-refractivity contribution in [3.8, 4) is 22.8 Å². The molecule has 244 valence electrons. The molecule has 3 aromatic rings. The van der Waals surface area contributed by atoms with Crippen LogP contribution in [0.3, 0.4) is 0 Å². The van der Waals surface area contributed by atoms with Crippen molar-refractivity contribution in [2.24, 2.45) is 5.92 Å². The number of nitrogens with one attached hydrogen (secondary N) is 1. The number of benzene rings is 1. The van der Waals surface area contributed by atoms with Crippen LogP contribution in [0.15, 0.2) is 18.5 Å². The van der Waals surface area contributed by atoms with Gasteiger partial charge < -0.3 is 39.2 Å². The first kappa shape index (κ1) is 32.6. The molecule has 14 heteroatoms. The van der Waals surface area contributed by atoms with Gasteiger partial charge in [0.1, 0.15) is 30.0 Å². The number of methoxy groups -OCH3 is 1. The molecule has 1 aliphatic heterocycles. The minimum Gasteiger partial charge on any atom is -0.494 e. The molecule has 0 radical (unpaired) electrons. The Morgan fingerprint density at radius 2 is 1.91 bits per heavy atom. The van der Waals surface area contributed by atoms with Gasteiger partial charge in [-0.1, -0.05) is 19.6 Å². The number of carbonyl (C=O) groups is 2. The molecule has 1 aromatic carbocycles. The molecule has 2 fully saturated rings. The van der Waals surface area contributed by atoms with Crippen molar-refractivity contribution in [2.75, 3.05) is 33.4 Å². The summed E-state index contributed by atoms with van der Waals surface area (Å²) in [5.74, 6) is -0.345. The van der Waals surface area contributed by atoms with E-state index in [1.807, 2.05) is 4.57 Å². The van der Waals surface area contributed by atoms with E-state index in [0.29, 0.717) is 52.9 Å². The van der Waals surface area contributed by atoms with Gasteiger partial charge in [0.2, 0.25) is 0 Å². The van der Waals surface area contributed by atoms with E-state index in [2.05, 4.69) is 34.9 Å². The number of fused-ring (bicyclic) bond motifs is 1. The molecule has 0 unspecified atom stereocenters. The van der Waals surface area contributed by atoms with E-state index < -0.39 is 38.0 Å². The molecule has 12 nitrogen and oxygen atoms in total. The average molecular weight is 644 g/mol. The molecule has 3 heterocycles. The fourth-order valence-electron chi connectivity index (χ4n) is 5.44. The highest BCUT2D eigenvalue weighted by atomic mass is 28.3. The Morgan fingerprint density at radius 3 is 2.58 bits per heavy atom. The number of ether oxygens (including phenoxy) is 3. The zero-order valence-electron chi connectivity index (χ0n) is 26.4. The Hall–Kier alpha value is -3.75. The number of piperidine rings is 1. The van der Waals surface area contributed by atoms with Crippen LogP contribution >= 0.6 is 0 Å². The SMILES string of the molecule is COc1cc(-c2ncnc3c(C(=O)N[C@H]4CN(C(=O)O)CC[C@@H]4O)c(C)n(COCC[Si](C)(C)C)c23)c(OCC2CC2)cc1F. The monoisotopic (exact) mass is 643 g/mol. The third-order valence-electron chi connectivity index (χ3n) is 8.38. The van der Waals surface area contributed by atoms with Crippen LogP contribution in [0.1, 0.15) is 35.3 Å². The van der Waals surface area contributed by atoms with Gasteiger partial charge >= 0.3 is 6.09 Å². The maximum Gasteiger partial charge on any atom is 0.407 e. The van der Waals surface area contributed by atoms with E-state index in [1.54, 1.807) is 6.92 Å². The summed E-state index contributed by atoms with van der Waals surface area (Å²) in [6.45, 7) is 9.77. The summed E-state index contributed by atoms with van der Waals surface area (Å²) in [4.78, 5) is 35.8. The molecule has 45 heavy (non-hydrogen) atoms. The smallest absolute Gasteiger partial charge is 0.407 e. The molecule has 5 rings (SSSR count). The van der Waals surface area contributed by atoms with E-state index in [-0.39, 0.29) is 37.6 Å². The molecule has 3 N–H and O–H groups in total. The van der Waals surface area contributed by atoms with Crippen LogP contribution in [0, 0.1) is 18.7 Å². The number of hydrogen-bond donors (Lipinski definition) is 3. The lowest BCUT2D eigenvalue weighted by atomic mass is 10.0. The summed E-state index contributed by atoms with van der Waals surface area (Å²) < 4.78 is 34.3. The summed E-state index contributed by atoms with van der Waals surface area (Å²) in [6, 6.07) is 2.96. The third-order valence-corrected chi connectivity index (χ3v) is 10.1. The highest BCUT2D eigenvalue weighted by molar-refractivity contribution is 6.76. The maximum absolute atomic E-state index is 14.9. The van der Waals surface area contributed by atoms with Crippen LogP contribution in [0.5, 0.6) is 11.5 Å². The van der Waals surface area contributed by atoms with Crippen molar-refractivity contribution in [1.29, 1.82) is 0 Å². The van der Waals surface area contributed by atoms with Crippen molar-refractivity contribution < 1.29 is 38.4 Å². The lowest BCUT2D eigenvalue weighted by molar-refractivity contribution is 0.0439. The summed E-state index contributed by atoms with van der Waals surface area (Å²) in [7, 11) is 0.00460. The van der Waals surface area contributed by atoms with Crippen molar-refractivity contribution in [3.63, 3.8) is 0 Å². The molecule has 2 amide bonds. The zero-order chi connectivity index (χ0) is 32.5. The van der Waals surface area contributed by atoms with Crippen LogP contribution in [-0.4, -0.2) is 95.3 Å². The Balaban J connectivity index is 1.59. The summed E-state index contributed by atoms with van der Waals surface area (Å²) in [5.41, 5.74) is 2.52. The van der Waals surface area contributed by atoms with E-state index in [0.717, 1.165) is 18.9 Å². The van der Waals surface area contributed by atoms with E-state index in [1.165, 1.54) is 30.5 Å². The number of nitrogens with zero attached hydrogens (tertiary/aromatic N) is 4. The molecule has 2 aliphatic rings. The first-order valence-electron chi connectivity index (χ1n) is 15.3. The largest absolute Gasteiger partial charge is 0.494 e. The predicted molar refractivity (Wildman–Crippen MR) is 168 cm³/mol. The van der Waals surface area contributed by atoms with Crippen LogP contribution in [0.4, 0.5) is 9.18 Å². The number of aliphatic hydroxyl groups is 1.